The van der Waals surface area contributed by atoms with Gasteiger partial charge in [-0.1, -0.05) is 34.6 Å². The second-order valence-electron chi connectivity index (χ2n) is 11.5. The Morgan fingerprint density at radius 3 is 2.07 bits per heavy atom. The number of hydrogen-bond donors (Lipinski definition) is 3. The van der Waals surface area contributed by atoms with Crippen molar-refractivity contribution in [2.45, 2.75) is 85.8 Å². The lowest BCUT2D eigenvalue weighted by Crippen LogP contribution is -2.53. The van der Waals surface area contributed by atoms with E-state index in [4.69, 9.17) is 0 Å². The zero-order chi connectivity index (χ0) is 32.1. The van der Waals surface area contributed by atoms with Crippen LogP contribution in [0.4, 0.5) is 8.78 Å². The summed E-state index contributed by atoms with van der Waals surface area (Å²) in [6, 6.07) is 7.01. The Morgan fingerprint density at radius 1 is 0.907 bits per heavy atom. The van der Waals surface area contributed by atoms with Gasteiger partial charge in [0, 0.05) is 49.8 Å². The van der Waals surface area contributed by atoms with Crippen LogP contribution in [-0.2, 0) is 11.2 Å². The number of amides is 3. The third kappa shape index (κ3) is 12.0. The highest BCUT2D eigenvalue weighted by Crippen LogP contribution is 2.16. The lowest BCUT2D eigenvalue weighted by Gasteiger charge is -2.30. The largest absolute Gasteiger partial charge is 0.390 e. The number of nitrogens with zero attached hydrogens (tertiary/aromatic N) is 2. The number of likely N-dealkylation sites (N-methyl/N-ethyl adjacent to an activating group) is 1. The summed E-state index contributed by atoms with van der Waals surface area (Å²) >= 11 is 0. The van der Waals surface area contributed by atoms with Crippen molar-refractivity contribution in [2.75, 3.05) is 26.2 Å². The Morgan fingerprint density at radius 2 is 1.51 bits per heavy atom. The van der Waals surface area contributed by atoms with E-state index in [0.717, 1.165) is 36.6 Å². The number of halogens is 2. The molecular weight excluding hydrogens is 554 g/mol. The summed E-state index contributed by atoms with van der Waals surface area (Å²) in [4.78, 5) is 41.0. The maximum atomic E-state index is 14.0. The number of carbonyl (C=O) groups excluding carboxylic acids is 3. The SMILES string of the molecule is CCCN(CCC)C(=O)c1cc(C)cc(C(=O)NC(Cc2cc(F)cc(F)c2)C(O)CN(CC)NC(=O)CCC(C)C)c1. The summed E-state index contributed by atoms with van der Waals surface area (Å²) in [6.45, 7) is 13.2. The quantitative estimate of drug-likeness (QED) is 0.221. The normalized spacial score (nSPS) is 12.7. The second-order valence-corrected chi connectivity index (χ2v) is 11.5. The van der Waals surface area contributed by atoms with E-state index in [-0.39, 0.29) is 35.9 Å². The summed E-state index contributed by atoms with van der Waals surface area (Å²) in [5.74, 6) is -2.08. The third-order valence-corrected chi connectivity index (χ3v) is 7.04. The van der Waals surface area contributed by atoms with Gasteiger partial charge in [-0.2, -0.15) is 0 Å². The number of benzene rings is 2. The molecule has 2 unspecified atom stereocenters. The minimum atomic E-state index is -1.21. The van der Waals surface area contributed by atoms with Gasteiger partial charge in [-0.15, -0.1) is 0 Å². The molecule has 10 heteroatoms. The van der Waals surface area contributed by atoms with Gasteiger partial charge in [0.25, 0.3) is 11.8 Å². The Labute approximate surface area is 254 Å². The molecule has 0 saturated carbocycles. The first-order chi connectivity index (χ1) is 20.4. The molecule has 0 fully saturated rings. The van der Waals surface area contributed by atoms with Gasteiger partial charge in [0.1, 0.15) is 11.6 Å². The number of rotatable bonds is 17. The molecule has 8 nitrogen and oxygen atoms in total. The number of hydrogen-bond acceptors (Lipinski definition) is 5. The third-order valence-electron chi connectivity index (χ3n) is 7.04. The summed E-state index contributed by atoms with van der Waals surface area (Å²) in [6.07, 6.45) is 1.37. The highest BCUT2D eigenvalue weighted by atomic mass is 19.1. The molecule has 3 N–H and O–H groups in total. The molecule has 0 radical (unpaired) electrons. The van der Waals surface area contributed by atoms with E-state index in [1.165, 1.54) is 6.07 Å². The van der Waals surface area contributed by atoms with Crippen LogP contribution in [0.2, 0.25) is 0 Å². The number of carbonyl (C=O) groups is 3. The van der Waals surface area contributed by atoms with Gasteiger partial charge in [-0.25, -0.2) is 13.8 Å². The van der Waals surface area contributed by atoms with Gasteiger partial charge in [0.05, 0.1) is 12.1 Å². The molecule has 3 amide bonds. The monoisotopic (exact) mass is 602 g/mol. The maximum Gasteiger partial charge on any atom is 0.253 e. The fourth-order valence-electron chi connectivity index (χ4n) is 4.85. The maximum absolute atomic E-state index is 14.0. The lowest BCUT2D eigenvalue weighted by molar-refractivity contribution is -0.126. The minimum absolute atomic E-state index is 0.0345. The summed E-state index contributed by atoms with van der Waals surface area (Å²) in [7, 11) is 0. The predicted molar refractivity (Wildman–Crippen MR) is 164 cm³/mol. The van der Waals surface area contributed by atoms with Crippen molar-refractivity contribution in [3.05, 3.63) is 70.3 Å². The molecule has 238 valence electrons. The van der Waals surface area contributed by atoms with E-state index < -0.39 is 29.7 Å². The Bertz CT molecular complexity index is 1200. The van der Waals surface area contributed by atoms with Gasteiger partial charge in [0.15, 0.2) is 0 Å². The molecule has 0 saturated heterocycles. The van der Waals surface area contributed by atoms with Crippen LogP contribution in [0.1, 0.15) is 92.1 Å². The van der Waals surface area contributed by atoms with Crippen molar-refractivity contribution in [1.29, 1.82) is 0 Å². The molecule has 43 heavy (non-hydrogen) atoms. The molecule has 0 aliphatic rings. The van der Waals surface area contributed by atoms with Crippen LogP contribution in [0.3, 0.4) is 0 Å². The second kappa shape index (κ2) is 17.7. The molecule has 0 heterocycles. The molecule has 2 rings (SSSR count). The standard InChI is InChI=1S/C33H48F2N4O4/c1-7-12-38(13-8-2)33(43)26-15-23(6)14-25(19-26)32(42)36-29(18-24-16-27(34)20-28(35)17-24)30(40)21-39(9-3)37-31(41)11-10-22(4)5/h14-17,19-20,22,29-30,40H,7-13,18,21H2,1-6H3,(H,36,42)(H,37,41). The average molecular weight is 603 g/mol. The van der Waals surface area contributed by atoms with Crippen LogP contribution in [-0.4, -0.2) is 71.1 Å². The van der Waals surface area contributed by atoms with E-state index in [1.54, 1.807) is 29.0 Å². The summed E-state index contributed by atoms with van der Waals surface area (Å²) < 4.78 is 28.0. The van der Waals surface area contributed by atoms with E-state index in [0.29, 0.717) is 44.0 Å². The van der Waals surface area contributed by atoms with Crippen molar-refractivity contribution in [2.24, 2.45) is 5.92 Å². The van der Waals surface area contributed by atoms with Crippen LogP contribution < -0.4 is 10.7 Å². The Kier molecular flexibility index (Phi) is 14.7. The molecule has 0 aliphatic heterocycles. The highest BCUT2D eigenvalue weighted by molar-refractivity contribution is 6.00. The molecule has 2 aromatic rings. The lowest BCUT2D eigenvalue weighted by atomic mass is 9.99. The molecule has 0 aliphatic carbocycles. The smallest absolute Gasteiger partial charge is 0.253 e. The topological polar surface area (TPSA) is 102 Å². The van der Waals surface area contributed by atoms with Crippen molar-refractivity contribution in [3.63, 3.8) is 0 Å². The van der Waals surface area contributed by atoms with Gasteiger partial charge in [0.2, 0.25) is 5.91 Å². The fourth-order valence-corrected chi connectivity index (χ4v) is 4.85. The summed E-state index contributed by atoms with van der Waals surface area (Å²) in [5, 5.41) is 15.6. The van der Waals surface area contributed by atoms with Crippen LogP contribution in [0.25, 0.3) is 0 Å². The first kappa shape index (κ1) is 35.8. The Hall–Kier alpha value is -3.37. The van der Waals surface area contributed by atoms with Gasteiger partial charge in [-0.3, -0.25) is 19.8 Å². The van der Waals surface area contributed by atoms with E-state index >= 15 is 0 Å². The van der Waals surface area contributed by atoms with Crippen LogP contribution in [0, 0.1) is 24.5 Å². The molecule has 0 aromatic heterocycles. The van der Waals surface area contributed by atoms with Crippen molar-refractivity contribution < 1.29 is 28.3 Å². The van der Waals surface area contributed by atoms with Crippen molar-refractivity contribution in [1.82, 2.24) is 20.7 Å². The van der Waals surface area contributed by atoms with Crippen LogP contribution in [0.15, 0.2) is 36.4 Å². The first-order valence-electron chi connectivity index (χ1n) is 15.3. The predicted octanol–water partition coefficient (Wildman–Crippen LogP) is 5.03. The molecule has 2 aromatic carbocycles. The van der Waals surface area contributed by atoms with Crippen molar-refractivity contribution >= 4 is 17.7 Å². The zero-order valence-electron chi connectivity index (χ0n) is 26.4. The van der Waals surface area contributed by atoms with E-state index in [1.807, 2.05) is 34.6 Å². The minimum Gasteiger partial charge on any atom is -0.390 e. The molecule has 0 bridgehead atoms. The number of hydrazine groups is 1. The number of aliphatic hydroxyl groups excluding tert-OH is 1. The fraction of sp³-hybridized carbons (Fsp3) is 0.545. The van der Waals surface area contributed by atoms with Gasteiger partial charge in [-0.05, 0) is 80.0 Å². The van der Waals surface area contributed by atoms with Gasteiger partial charge >= 0.3 is 0 Å². The van der Waals surface area contributed by atoms with E-state index in [9.17, 15) is 28.3 Å². The highest BCUT2D eigenvalue weighted by Gasteiger charge is 2.26. The number of aryl methyl sites for hydroxylation is 1. The van der Waals surface area contributed by atoms with Crippen molar-refractivity contribution in [3.8, 4) is 0 Å². The van der Waals surface area contributed by atoms with Gasteiger partial charge < -0.3 is 15.3 Å². The number of nitrogens with one attached hydrogen (secondary N) is 2. The first-order valence-corrected chi connectivity index (χ1v) is 15.3. The molecule has 0 spiro atoms. The zero-order valence-corrected chi connectivity index (χ0v) is 26.4. The van der Waals surface area contributed by atoms with Crippen LogP contribution >= 0.6 is 0 Å². The summed E-state index contributed by atoms with van der Waals surface area (Å²) in [5.41, 5.74) is 4.38. The molecule has 2 atom stereocenters. The number of aliphatic hydroxyl groups is 1. The average Bonchev–Trinajstić information content (AvgIpc) is 2.93. The van der Waals surface area contributed by atoms with Crippen LogP contribution in [0.5, 0.6) is 0 Å². The Balaban J connectivity index is 2.32. The molecular formula is C33H48F2N4O4. The van der Waals surface area contributed by atoms with E-state index in [2.05, 4.69) is 10.7 Å².